The second kappa shape index (κ2) is 8.84. The average Bonchev–Trinajstić information content (AvgIpc) is 2.53. The number of ether oxygens (including phenoxy) is 1. The van der Waals surface area contributed by atoms with Crippen molar-refractivity contribution in [2.45, 2.75) is 64.6 Å². The smallest absolute Gasteiger partial charge is 0.339 e. The van der Waals surface area contributed by atoms with Crippen molar-refractivity contribution >= 4 is 21.9 Å². The SMILES string of the molecule is Cc1ccc(S(=O)(=O)N(C)C)cc1C(=O)O[C@H](C)C(=O)N(C(C)C)C(C)C. The van der Waals surface area contributed by atoms with Gasteiger partial charge in [0, 0.05) is 26.2 Å². The van der Waals surface area contributed by atoms with Gasteiger partial charge < -0.3 is 9.64 Å². The molecule has 1 amide bonds. The van der Waals surface area contributed by atoms with Crippen LogP contribution in [-0.2, 0) is 19.6 Å². The Morgan fingerprint density at radius 1 is 1.00 bits per heavy atom. The summed E-state index contributed by atoms with van der Waals surface area (Å²) in [5.41, 5.74) is 0.695. The number of hydrogen-bond donors (Lipinski definition) is 0. The zero-order valence-corrected chi connectivity index (χ0v) is 18.1. The standard InChI is InChI=1S/C19H30N2O5S/c1-12(2)21(13(3)4)18(22)15(6)26-19(23)17-11-16(10-9-14(17)5)27(24,25)20(7)8/h9-13,15H,1-8H3/t15-/m1/s1. The molecule has 0 bridgehead atoms. The third-order valence-corrected chi connectivity index (χ3v) is 6.02. The maximum absolute atomic E-state index is 12.6. The second-order valence-corrected chi connectivity index (χ2v) is 9.40. The molecule has 1 atom stereocenters. The molecule has 0 aliphatic carbocycles. The number of nitrogens with zero attached hydrogens (tertiary/aromatic N) is 2. The van der Waals surface area contributed by atoms with Crippen LogP contribution in [0.5, 0.6) is 0 Å². The van der Waals surface area contributed by atoms with Gasteiger partial charge in [-0.3, -0.25) is 4.79 Å². The summed E-state index contributed by atoms with van der Waals surface area (Å²) in [5.74, 6) is -1.01. The summed E-state index contributed by atoms with van der Waals surface area (Å²) in [4.78, 5) is 26.9. The second-order valence-electron chi connectivity index (χ2n) is 7.24. The number of hydrogen-bond acceptors (Lipinski definition) is 5. The summed E-state index contributed by atoms with van der Waals surface area (Å²) in [6.07, 6.45) is -0.976. The van der Waals surface area contributed by atoms with E-state index in [1.807, 2.05) is 27.7 Å². The topological polar surface area (TPSA) is 84.0 Å². The lowest BCUT2D eigenvalue weighted by Crippen LogP contribution is -2.47. The van der Waals surface area contributed by atoms with Crippen LogP contribution in [-0.4, -0.2) is 61.8 Å². The van der Waals surface area contributed by atoms with Crippen molar-refractivity contribution in [3.05, 3.63) is 29.3 Å². The Bertz CT molecular complexity index is 792. The molecule has 0 fully saturated rings. The lowest BCUT2D eigenvalue weighted by Gasteiger charge is -2.32. The highest BCUT2D eigenvalue weighted by atomic mass is 32.2. The minimum atomic E-state index is -3.68. The van der Waals surface area contributed by atoms with Crippen LogP contribution in [0, 0.1) is 6.92 Å². The zero-order valence-electron chi connectivity index (χ0n) is 17.3. The average molecular weight is 399 g/mol. The molecule has 0 saturated heterocycles. The molecule has 27 heavy (non-hydrogen) atoms. The molecule has 0 aliphatic heterocycles. The Labute approximate surface area is 162 Å². The molecule has 1 aromatic carbocycles. The molecular formula is C19H30N2O5S. The molecule has 1 rings (SSSR count). The maximum atomic E-state index is 12.6. The van der Waals surface area contributed by atoms with Crippen molar-refractivity contribution in [1.82, 2.24) is 9.21 Å². The van der Waals surface area contributed by atoms with Crippen LogP contribution in [0.25, 0.3) is 0 Å². The number of rotatable bonds is 7. The summed E-state index contributed by atoms with van der Waals surface area (Å²) in [5, 5.41) is 0. The van der Waals surface area contributed by atoms with Crippen molar-refractivity contribution in [2.24, 2.45) is 0 Å². The molecule has 0 aliphatic rings. The summed E-state index contributed by atoms with van der Waals surface area (Å²) >= 11 is 0. The van der Waals surface area contributed by atoms with Gasteiger partial charge in [-0.2, -0.15) is 0 Å². The molecule has 0 aromatic heterocycles. The highest BCUT2D eigenvalue weighted by Crippen LogP contribution is 2.20. The first-order valence-corrected chi connectivity index (χ1v) is 10.3. The Kier molecular flexibility index (Phi) is 7.57. The predicted molar refractivity (Wildman–Crippen MR) is 104 cm³/mol. The summed E-state index contributed by atoms with van der Waals surface area (Å²) < 4.78 is 31.0. The first-order chi connectivity index (χ1) is 12.3. The molecule has 0 N–H and O–H groups in total. The van der Waals surface area contributed by atoms with Crippen molar-refractivity contribution in [2.75, 3.05) is 14.1 Å². The van der Waals surface area contributed by atoms with Crippen LogP contribution >= 0.6 is 0 Å². The fourth-order valence-electron chi connectivity index (χ4n) is 2.78. The lowest BCUT2D eigenvalue weighted by atomic mass is 10.1. The number of aryl methyl sites for hydroxylation is 1. The Morgan fingerprint density at radius 2 is 1.52 bits per heavy atom. The van der Waals surface area contributed by atoms with Crippen molar-refractivity contribution in [3.8, 4) is 0 Å². The van der Waals surface area contributed by atoms with Crippen LogP contribution in [0.1, 0.15) is 50.5 Å². The van der Waals surface area contributed by atoms with E-state index < -0.39 is 22.1 Å². The number of carbonyl (C=O) groups excluding carboxylic acids is 2. The van der Waals surface area contributed by atoms with E-state index in [9.17, 15) is 18.0 Å². The third-order valence-electron chi connectivity index (χ3n) is 4.21. The molecule has 1 aromatic rings. The van der Waals surface area contributed by atoms with E-state index >= 15 is 0 Å². The van der Waals surface area contributed by atoms with Gasteiger partial charge in [0.25, 0.3) is 5.91 Å². The van der Waals surface area contributed by atoms with Gasteiger partial charge >= 0.3 is 5.97 Å². The van der Waals surface area contributed by atoms with E-state index in [4.69, 9.17) is 4.74 Å². The zero-order chi connectivity index (χ0) is 21.1. The fourth-order valence-corrected chi connectivity index (χ4v) is 3.71. The maximum Gasteiger partial charge on any atom is 0.339 e. The van der Waals surface area contributed by atoms with E-state index in [0.29, 0.717) is 5.56 Å². The van der Waals surface area contributed by atoms with Gasteiger partial charge in [0.2, 0.25) is 10.0 Å². The molecular weight excluding hydrogens is 368 g/mol. The molecule has 0 heterocycles. The van der Waals surface area contributed by atoms with Gasteiger partial charge in [0.05, 0.1) is 10.5 Å². The van der Waals surface area contributed by atoms with Crippen LogP contribution < -0.4 is 0 Å². The quantitative estimate of drug-likeness (QED) is 0.659. The fraction of sp³-hybridized carbons (Fsp3) is 0.579. The molecule has 0 spiro atoms. The highest BCUT2D eigenvalue weighted by Gasteiger charge is 2.29. The van der Waals surface area contributed by atoms with Crippen molar-refractivity contribution < 1.29 is 22.7 Å². The molecule has 7 nitrogen and oxygen atoms in total. The Morgan fingerprint density at radius 3 is 1.96 bits per heavy atom. The number of carbonyl (C=O) groups is 2. The normalized spacial score (nSPS) is 13.1. The van der Waals surface area contributed by atoms with Crippen LogP contribution in [0.2, 0.25) is 0 Å². The van der Waals surface area contributed by atoms with Gasteiger partial charge in [-0.25, -0.2) is 17.5 Å². The number of benzene rings is 1. The van der Waals surface area contributed by atoms with Gasteiger partial charge in [0.15, 0.2) is 6.10 Å². The van der Waals surface area contributed by atoms with E-state index in [2.05, 4.69) is 0 Å². The molecule has 8 heteroatoms. The van der Waals surface area contributed by atoms with Crippen LogP contribution in [0.15, 0.2) is 23.1 Å². The monoisotopic (exact) mass is 398 g/mol. The van der Waals surface area contributed by atoms with Gasteiger partial charge in [-0.05, 0) is 59.2 Å². The predicted octanol–water partition coefficient (Wildman–Crippen LogP) is 2.44. The molecule has 0 unspecified atom stereocenters. The summed E-state index contributed by atoms with van der Waals surface area (Å²) in [6.45, 7) is 10.8. The van der Waals surface area contributed by atoms with Crippen molar-refractivity contribution in [3.63, 3.8) is 0 Å². The molecule has 0 radical (unpaired) electrons. The number of esters is 1. The molecule has 152 valence electrons. The number of amides is 1. The van der Waals surface area contributed by atoms with Crippen LogP contribution in [0.3, 0.4) is 0 Å². The third kappa shape index (κ3) is 5.29. The minimum absolute atomic E-state index is 0.00461. The first kappa shape index (κ1) is 23.1. The lowest BCUT2D eigenvalue weighted by molar-refractivity contribution is -0.143. The Balaban J connectivity index is 3.12. The van der Waals surface area contributed by atoms with Gasteiger partial charge in [-0.15, -0.1) is 0 Å². The van der Waals surface area contributed by atoms with E-state index in [1.54, 1.807) is 17.9 Å². The molecule has 0 saturated carbocycles. The van der Waals surface area contributed by atoms with E-state index in [0.717, 1.165) is 4.31 Å². The van der Waals surface area contributed by atoms with E-state index in [-0.39, 0.29) is 28.4 Å². The van der Waals surface area contributed by atoms with Crippen molar-refractivity contribution in [1.29, 1.82) is 0 Å². The van der Waals surface area contributed by atoms with E-state index in [1.165, 1.54) is 33.2 Å². The highest BCUT2D eigenvalue weighted by molar-refractivity contribution is 7.89. The number of sulfonamides is 1. The summed E-state index contributed by atoms with van der Waals surface area (Å²) in [7, 11) is -0.846. The summed E-state index contributed by atoms with van der Waals surface area (Å²) in [6, 6.07) is 4.21. The Hall–Kier alpha value is -1.93. The first-order valence-electron chi connectivity index (χ1n) is 8.87. The van der Waals surface area contributed by atoms with Gasteiger partial charge in [0.1, 0.15) is 0 Å². The minimum Gasteiger partial charge on any atom is -0.449 e. The van der Waals surface area contributed by atoms with Crippen LogP contribution in [0.4, 0.5) is 0 Å². The van der Waals surface area contributed by atoms with Gasteiger partial charge in [-0.1, -0.05) is 6.07 Å². The largest absolute Gasteiger partial charge is 0.449 e.